The van der Waals surface area contributed by atoms with Gasteiger partial charge >= 0.3 is 0 Å². The van der Waals surface area contributed by atoms with Gasteiger partial charge < -0.3 is 4.57 Å². The number of fused-ring (bicyclic) bond motifs is 1. The number of benzene rings is 2. The first-order valence-electron chi connectivity index (χ1n) is 5.78. The Morgan fingerprint density at radius 2 is 1.75 bits per heavy atom. The van der Waals surface area contributed by atoms with E-state index in [4.69, 9.17) is 0 Å². The molecule has 2 nitrogen and oxygen atoms in total. The second kappa shape index (κ2) is 4.94. The highest BCUT2D eigenvalue weighted by atomic mass is 79.9. The van der Waals surface area contributed by atoms with Gasteiger partial charge in [-0.3, -0.25) is 0 Å². The summed E-state index contributed by atoms with van der Waals surface area (Å²) >= 11 is 3.27. The Morgan fingerprint density at radius 1 is 1.00 bits per heavy atom. The first-order valence-corrected chi connectivity index (χ1v) is 6.58. The standard InChI is InChI=1S/C14H8BrF3N2/c15-9-1-2-10(16)8(3-9)6-20-7-19-13-4-11(17)12(18)5-14(13)20/h1-5,7H,6H2. The molecule has 1 aromatic heterocycles. The lowest BCUT2D eigenvalue weighted by Gasteiger charge is -2.07. The first kappa shape index (κ1) is 13.2. The van der Waals surface area contributed by atoms with Gasteiger partial charge in [0, 0.05) is 22.2 Å². The van der Waals surface area contributed by atoms with E-state index in [-0.39, 0.29) is 12.4 Å². The van der Waals surface area contributed by atoms with Crippen molar-refractivity contribution < 1.29 is 13.2 Å². The van der Waals surface area contributed by atoms with Crippen LogP contribution in [0.3, 0.4) is 0 Å². The molecule has 0 fully saturated rings. The van der Waals surface area contributed by atoms with Crippen LogP contribution in [-0.2, 0) is 6.54 Å². The topological polar surface area (TPSA) is 17.8 Å². The van der Waals surface area contributed by atoms with Crippen molar-refractivity contribution in [2.24, 2.45) is 0 Å². The number of aromatic nitrogens is 2. The normalized spacial score (nSPS) is 11.2. The average molecular weight is 341 g/mol. The molecular weight excluding hydrogens is 333 g/mol. The maximum absolute atomic E-state index is 13.7. The van der Waals surface area contributed by atoms with Gasteiger partial charge in [0.25, 0.3) is 0 Å². The summed E-state index contributed by atoms with van der Waals surface area (Å²) in [5.41, 5.74) is 1.19. The Kier molecular flexibility index (Phi) is 3.25. The summed E-state index contributed by atoms with van der Waals surface area (Å²) in [5.74, 6) is -2.26. The zero-order chi connectivity index (χ0) is 14.3. The van der Waals surface area contributed by atoms with Crippen LogP contribution in [-0.4, -0.2) is 9.55 Å². The Hall–Kier alpha value is -1.82. The van der Waals surface area contributed by atoms with Crippen LogP contribution in [0.5, 0.6) is 0 Å². The van der Waals surface area contributed by atoms with E-state index in [0.29, 0.717) is 16.6 Å². The molecule has 0 saturated heterocycles. The molecule has 0 aliphatic carbocycles. The maximum Gasteiger partial charge on any atom is 0.161 e. The summed E-state index contributed by atoms with van der Waals surface area (Å²) in [5, 5.41) is 0. The van der Waals surface area contributed by atoms with Crippen LogP contribution in [0.2, 0.25) is 0 Å². The number of hydrogen-bond acceptors (Lipinski definition) is 1. The fourth-order valence-corrected chi connectivity index (χ4v) is 2.44. The summed E-state index contributed by atoms with van der Waals surface area (Å²) in [6.07, 6.45) is 1.43. The fraction of sp³-hybridized carbons (Fsp3) is 0.0714. The minimum absolute atomic E-state index is 0.187. The number of nitrogens with zero attached hydrogens (tertiary/aromatic N) is 2. The fourth-order valence-electron chi connectivity index (χ4n) is 2.03. The van der Waals surface area contributed by atoms with E-state index in [9.17, 15) is 13.2 Å². The number of rotatable bonds is 2. The number of hydrogen-bond donors (Lipinski definition) is 0. The smallest absolute Gasteiger partial charge is 0.161 e. The zero-order valence-corrected chi connectivity index (χ0v) is 11.7. The Bertz CT molecular complexity index is 798. The molecular formula is C14H8BrF3N2. The summed E-state index contributed by atoms with van der Waals surface area (Å²) in [7, 11) is 0. The van der Waals surface area contributed by atoms with Gasteiger partial charge in [-0.15, -0.1) is 0 Å². The second-order valence-electron chi connectivity index (χ2n) is 4.36. The monoisotopic (exact) mass is 340 g/mol. The van der Waals surface area contributed by atoms with Crippen LogP contribution in [0.1, 0.15) is 5.56 Å². The van der Waals surface area contributed by atoms with Crippen molar-refractivity contribution in [2.75, 3.05) is 0 Å². The van der Waals surface area contributed by atoms with E-state index in [1.54, 1.807) is 16.7 Å². The Balaban J connectivity index is 2.07. The van der Waals surface area contributed by atoms with Gasteiger partial charge in [-0.2, -0.15) is 0 Å². The summed E-state index contributed by atoms with van der Waals surface area (Å²) in [6.45, 7) is 0.187. The van der Waals surface area contributed by atoms with E-state index in [0.717, 1.165) is 16.6 Å². The van der Waals surface area contributed by atoms with Gasteiger partial charge in [-0.1, -0.05) is 15.9 Å². The molecule has 0 aliphatic rings. The molecule has 0 atom stereocenters. The third kappa shape index (κ3) is 2.31. The molecule has 3 aromatic rings. The summed E-state index contributed by atoms with van der Waals surface area (Å²) < 4.78 is 42.4. The van der Waals surface area contributed by atoms with Crippen LogP contribution in [0.15, 0.2) is 41.1 Å². The van der Waals surface area contributed by atoms with Gasteiger partial charge in [0.1, 0.15) is 5.82 Å². The summed E-state index contributed by atoms with van der Waals surface area (Å²) in [4.78, 5) is 3.99. The molecule has 0 N–H and O–H groups in total. The van der Waals surface area contributed by atoms with Crippen molar-refractivity contribution in [1.29, 1.82) is 0 Å². The van der Waals surface area contributed by atoms with Gasteiger partial charge in [-0.25, -0.2) is 18.2 Å². The van der Waals surface area contributed by atoms with E-state index >= 15 is 0 Å². The van der Waals surface area contributed by atoms with Gasteiger partial charge in [0.2, 0.25) is 0 Å². The van der Waals surface area contributed by atoms with Crippen molar-refractivity contribution in [3.63, 3.8) is 0 Å². The maximum atomic E-state index is 13.7. The van der Waals surface area contributed by atoms with Gasteiger partial charge in [-0.05, 0) is 18.2 Å². The van der Waals surface area contributed by atoms with Crippen LogP contribution in [0.4, 0.5) is 13.2 Å². The van der Waals surface area contributed by atoms with E-state index in [1.165, 1.54) is 12.4 Å². The molecule has 3 rings (SSSR count). The molecule has 20 heavy (non-hydrogen) atoms. The predicted molar refractivity (Wildman–Crippen MR) is 72.9 cm³/mol. The van der Waals surface area contributed by atoms with E-state index < -0.39 is 11.6 Å². The molecule has 0 spiro atoms. The van der Waals surface area contributed by atoms with Crippen molar-refractivity contribution >= 4 is 27.0 Å². The molecule has 0 saturated carbocycles. The van der Waals surface area contributed by atoms with Crippen molar-refractivity contribution in [1.82, 2.24) is 9.55 Å². The minimum Gasteiger partial charge on any atom is -0.326 e. The third-order valence-electron chi connectivity index (χ3n) is 3.01. The highest BCUT2D eigenvalue weighted by Gasteiger charge is 2.11. The molecule has 1 heterocycles. The minimum atomic E-state index is -0.950. The van der Waals surface area contributed by atoms with Crippen molar-refractivity contribution in [2.45, 2.75) is 6.54 Å². The van der Waals surface area contributed by atoms with Gasteiger partial charge in [0.05, 0.1) is 23.9 Å². The number of halogens is 4. The molecule has 102 valence electrons. The molecule has 0 radical (unpaired) electrons. The average Bonchev–Trinajstić information content (AvgIpc) is 2.77. The molecule has 2 aromatic carbocycles. The Morgan fingerprint density at radius 3 is 2.55 bits per heavy atom. The van der Waals surface area contributed by atoms with E-state index in [1.807, 2.05) is 0 Å². The SMILES string of the molecule is Fc1cc2ncn(Cc3cc(Br)ccc3F)c2cc1F. The largest absolute Gasteiger partial charge is 0.326 e. The van der Waals surface area contributed by atoms with Crippen molar-refractivity contribution in [3.05, 3.63) is 64.1 Å². The summed E-state index contributed by atoms with van der Waals surface area (Å²) in [6, 6.07) is 6.67. The van der Waals surface area contributed by atoms with Crippen LogP contribution < -0.4 is 0 Å². The lowest BCUT2D eigenvalue weighted by Crippen LogP contribution is -2.01. The van der Waals surface area contributed by atoms with Crippen molar-refractivity contribution in [3.8, 4) is 0 Å². The van der Waals surface area contributed by atoms with Gasteiger partial charge in [0.15, 0.2) is 11.6 Å². The Labute approximate surface area is 121 Å². The highest BCUT2D eigenvalue weighted by Crippen LogP contribution is 2.21. The van der Waals surface area contributed by atoms with Crippen LogP contribution in [0, 0.1) is 17.5 Å². The second-order valence-corrected chi connectivity index (χ2v) is 5.28. The zero-order valence-electron chi connectivity index (χ0n) is 10.1. The lowest BCUT2D eigenvalue weighted by atomic mass is 10.2. The molecule has 0 aliphatic heterocycles. The number of imidazole rings is 1. The lowest BCUT2D eigenvalue weighted by molar-refractivity contribution is 0.510. The molecule has 6 heteroatoms. The third-order valence-corrected chi connectivity index (χ3v) is 3.50. The molecule has 0 bridgehead atoms. The van der Waals surface area contributed by atoms with Crippen LogP contribution >= 0.6 is 15.9 Å². The molecule has 0 amide bonds. The van der Waals surface area contributed by atoms with E-state index in [2.05, 4.69) is 20.9 Å². The predicted octanol–water partition coefficient (Wildman–Crippen LogP) is 4.26. The quantitative estimate of drug-likeness (QED) is 0.681. The highest BCUT2D eigenvalue weighted by molar-refractivity contribution is 9.10. The van der Waals surface area contributed by atoms with Crippen LogP contribution in [0.25, 0.3) is 11.0 Å². The molecule has 0 unspecified atom stereocenters. The first-order chi connectivity index (χ1) is 9.54.